The Labute approximate surface area is 137 Å². The van der Waals surface area contributed by atoms with Crippen LogP contribution in [0.15, 0.2) is 40.8 Å². The molecular weight excluding hydrogens is 321 g/mol. The van der Waals surface area contributed by atoms with Gasteiger partial charge in [-0.25, -0.2) is 0 Å². The highest BCUT2D eigenvalue weighted by atomic mass is 35.5. The van der Waals surface area contributed by atoms with Gasteiger partial charge in [0.1, 0.15) is 5.58 Å². The number of hydrogen-bond donors (Lipinski definition) is 1. The Morgan fingerprint density at radius 1 is 1.05 bits per heavy atom. The summed E-state index contributed by atoms with van der Waals surface area (Å²) in [5.74, 6) is -0.0353. The Bertz CT molecular complexity index is 884. The molecule has 0 aliphatic heterocycles. The van der Waals surface area contributed by atoms with E-state index >= 15 is 0 Å². The van der Waals surface area contributed by atoms with Crippen LogP contribution in [0.5, 0.6) is 0 Å². The van der Waals surface area contributed by atoms with Crippen molar-refractivity contribution in [3.63, 3.8) is 0 Å². The summed E-state index contributed by atoms with van der Waals surface area (Å²) >= 11 is 12.0. The summed E-state index contributed by atoms with van der Waals surface area (Å²) in [6.45, 7) is 3.74. The molecule has 0 radical (unpaired) electrons. The predicted octanol–water partition coefficient (Wildman–Crippen LogP) is 5.61. The van der Waals surface area contributed by atoms with Crippen molar-refractivity contribution in [1.29, 1.82) is 0 Å². The fraction of sp³-hybridized carbons (Fsp3) is 0.118. The van der Waals surface area contributed by atoms with E-state index in [0.29, 0.717) is 21.3 Å². The lowest BCUT2D eigenvalue weighted by Crippen LogP contribution is -2.13. The van der Waals surface area contributed by atoms with Crippen LogP contribution in [0, 0.1) is 13.8 Å². The maximum Gasteiger partial charge on any atom is 0.291 e. The molecule has 0 bridgehead atoms. The van der Waals surface area contributed by atoms with Gasteiger partial charge < -0.3 is 9.73 Å². The second-order valence-electron chi connectivity index (χ2n) is 5.11. The largest absolute Gasteiger partial charge is 0.451 e. The number of halogens is 2. The summed E-state index contributed by atoms with van der Waals surface area (Å²) in [5.41, 5.74) is 2.98. The van der Waals surface area contributed by atoms with Crippen molar-refractivity contribution in [1.82, 2.24) is 0 Å². The first kappa shape index (κ1) is 14.9. The summed E-state index contributed by atoms with van der Waals surface area (Å²) in [7, 11) is 0. The van der Waals surface area contributed by atoms with Crippen molar-refractivity contribution in [2.24, 2.45) is 0 Å². The van der Waals surface area contributed by atoms with Crippen molar-refractivity contribution in [2.75, 3.05) is 5.32 Å². The van der Waals surface area contributed by atoms with Crippen LogP contribution in [-0.4, -0.2) is 5.91 Å². The molecule has 1 amide bonds. The first-order valence-electron chi connectivity index (χ1n) is 6.72. The molecule has 1 N–H and O–H groups in total. The number of furan rings is 1. The van der Waals surface area contributed by atoms with Gasteiger partial charge in [0.15, 0.2) is 5.76 Å². The van der Waals surface area contributed by atoms with Crippen LogP contribution in [0.25, 0.3) is 11.0 Å². The summed E-state index contributed by atoms with van der Waals surface area (Å²) in [4.78, 5) is 12.5. The third kappa shape index (κ3) is 2.70. The van der Waals surface area contributed by atoms with E-state index in [4.69, 9.17) is 27.6 Å². The minimum absolute atomic E-state index is 0.275. The second kappa shape index (κ2) is 5.67. The predicted molar refractivity (Wildman–Crippen MR) is 90.1 cm³/mol. The minimum Gasteiger partial charge on any atom is -0.451 e. The fourth-order valence-corrected chi connectivity index (χ4v) is 2.66. The van der Waals surface area contributed by atoms with Crippen LogP contribution in [0.1, 0.15) is 21.7 Å². The standard InChI is InChI=1S/C17H13Cl2NO2/c1-9-3-4-12(19)8-14(9)20-17(21)16-10(2)13-7-11(18)5-6-15(13)22-16/h3-8H,1-2H3,(H,20,21). The molecule has 0 aliphatic carbocycles. The molecule has 2 aromatic carbocycles. The molecule has 1 heterocycles. The van der Waals surface area contributed by atoms with Gasteiger partial charge in [-0.2, -0.15) is 0 Å². The first-order valence-corrected chi connectivity index (χ1v) is 7.47. The Kier molecular flexibility index (Phi) is 3.85. The highest BCUT2D eigenvalue weighted by Crippen LogP contribution is 2.29. The van der Waals surface area contributed by atoms with Gasteiger partial charge in [-0.05, 0) is 49.7 Å². The average Bonchev–Trinajstić information content (AvgIpc) is 2.80. The Hall–Kier alpha value is -1.97. The van der Waals surface area contributed by atoms with Crippen molar-refractivity contribution in [2.45, 2.75) is 13.8 Å². The first-order chi connectivity index (χ1) is 10.5. The van der Waals surface area contributed by atoms with Gasteiger partial charge in [-0.15, -0.1) is 0 Å². The van der Waals surface area contributed by atoms with Crippen molar-refractivity contribution >= 4 is 45.8 Å². The fourth-order valence-electron chi connectivity index (χ4n) is 2.32. The molecule has 3 rings (SSSR count). The molecular formula is C17H13Cl2NO2. The number of fused-ring (bicyclic) bond motifs is 1. The Balaban J connectivity index is 1.99. The summed E-state index contributed by atoms with van der Waals surface area (Å²) in [5, 5.41) is 4.84. The highest BCUT2D eigenvalue weighted by molar-refractivity contribution is 6.31. The maximum atomic E-state index is 12.5. The van der Waals surface area contributed by atoms with E-state index < -0.39 is 0 Å². The quantitative estimate of drug-likeness (QED) is 0.662. The molecule has 0 spiro atoms. The molecule has 0 atom stereocenters. The zero-order valence-corrected chi connectivity index (χ0v) is 13.5. The van der Waals surface area contributed by atoms with Gasteiger partial charge in [0.25, 0.3) is 5.91 Å². The topological polar surface area (TPSA) is 42.2 Å². The van der Waals surface area contributed by atoms with Gasteiger partial charge in [-0.3, -0.25) is 4.79 Å². The van der Waals surface area contributed by atoms with Crippen LogP contribution in [0.2, 0.25) is 10.0 Å². The molecule has 112 valence electrons. The Morgan fingerprint density at radius 3 is 2.50 bits per heavy atom. The Morgan fingerprint density at radius 2 is 1.73 bits per heavy atom. The number of carbonyl (C=O) groups is 1. The van der Waals surface area contributed by atoms with Crippen LogP contribution >= 0.6 is 23.2 Å². The third-order valence-corrected chi connectivity index (χ3v) is 4.02. The molecule has 0 aliphatic rings. The number of benzene rings is 2. The van der Waals surface area contributed by atoms with E-state index in [1.54, 1.807) is 30.3 Å². The van der Waals surface area contributed by atoms with E-state index in [2.05, 4.69) is 5.32 Å². The molecule has 22 heavy (non-hydrogen) atoms. The molecule has 1 aromatic heterocycles. The highest BCUT2D eigenvalue weighted by Gasteiger charge is 2.18. The van der Waals surface area contributed by atoms with Gasteiger partial charge in [0.05, 0.1) is 0 Å². The van der Waals surface area contributed by atoms with Crippen molar-refractivity contribution in [3.05, 3.63) is 63.3 Å². The molecule has 0 saturated carbocycles. The average molecular weight is 334 g/mol. The van der Waals surface area contributed by atoms with E-state index in [1.807, 2.05) is 19.9 Å². The number of hydrogen-bond acceptors (Lipinski definition) is 2. The van der Waals surface area contributed by atoms with Gasteiger partial charge >= 0.3 is 0 Å². The number of aryl methyl sites for hydroxylation is 2. The van der Waals surface area contributed by atoms with Crippen molar-refractivity contribution in [3.8, 4) is 0 Å². The summed E-state index contributed by atoms with van der Waals surface area (Å²) in [6.07, 6.45) is 0. The van der Waals surface area contributed by atoms with Crippen LogP contribution < -0.4 is 5.32 Å². The summed E-state index contributed by atoms with van der Waals surface area (Å²) in [6, 6.07) is 10.6. The number of nitrogens with one attached hydrogen (secondary N) is 1. The SMILES string of the molecule is Cc1ccc(Cl)cc1NC(=O)c1oc2ccc(Cl)cc2c1C. The van der Waals surface area contributed by atoms with E-state index in [1.165, 1.54) is 0 Å². The molecule has 3 aromatic rings. The van der Waals surface area contributed by atoms with Gasteiger partial charge in [0.2, 0.25) is 0 Å². The van der Waals surface area contributed by atoms with Crippen molar-refractivity contribution < 1.29 is 9.21 Å². The molecule has 0 unspecified atom stereocenters. The second-order valence-corrected chi connectivity index (χ2v) is 5.98. The lowest BCUT2D eigenvalue weighted by Gasteiger charge is -2.07. The smallest absolute Gasteiger partial charge is 0.291 e. The van der Waals surface area contributed by atoms with Crippen LogP contribution in [0.4, 0.5) is 5.69 Å². The number of rotatable bonds is 2. The lowest BCUT2D eigenvalue weighted by molar-refractivity contribution is 0.0998. The number of carbonyl (C=O) groups excluding carboxylic acids is 1. The molecule has 0 saturated heterocycles. The normalized spacial score (nSPS) is 10.9. The van der Waals surface area contributed by atoms with E-state index in [0.717, 1.165) is 16.5 Å². The molecule has 5 heteroatoms. The number of amides is 1. The maximum absolute atomic E-state index is 12.5. The molecule has 0 fully saturated rings. The van der Waals surface area contributed by atoms with Gasteiger partial charge in [-0.1, -0.05) is 29.3 Å². The third-order valence-electron chi connectivity index (χ3n) is 3.55. The molecule has 3 nitrogen and oxygen atoms in total. The lowest BCUT2D eigenvalue weighted by atomic mass is 10.1. The van der Waals surface area contributed by atoms with Crippen LogP contribution in [-0.2, 0) is 0 Å². The van der Waals surface area contributed by atoms with Gasteiger partial charge in [0, 0.05) is 26.7 Å². The van der Waals surface area contributed by atoms with E-state index in [9.17, 15) is 4.79 Å². The summed E-state index contributed by atoms with van der Waals surface area (Å²) < 4.78 is 5.65. The van der Waals surface area contributed by atoms with Crippen LogP contribution in [0.3, 0.4) is 0 Å². The minimum atomic E-state index is -0.310. The van der Waals surface area contributed by atoms with E-state index in [-0.39, 0.29) is 11.7 Å². The monoisotopic (exact) mass is 333 g/mol. The zero-order chi connectivity index (χ0) is 15.9. The zero-order valence-electron chi connectivity index (χ0n) is 12.0. The number of anilines is 1.